The minimum Gasteiger partial charge on any atom is -0.0664 e. The SMILES string of the molecule is Cc1cc(C)c(B2c3ccccc3-c3cc4ccccc4c4cccc2c34)c(C)c1. The van der Waals surface area contributed by atoms with Gasteiger partial charge in [0, 0.05) is 0 Å². The van der Waals surface area contributed by atoms with Crippen LogP contribution in [0.25, 0.3) is 32.7 Å². The van der Waals surface area contributed by atoms with Gasteiger partial charge in [0.2, 0.25) is 6.71 Å². The lowest BCUT2D eigenvalue weighted by atomic mass is 9.32. The Morgan fingerprint density at radius 1 is 0.567 bits per heavy atom. The average Bonchev–Trinajstić information content (AvgIpc) is 2.75. The highest BCUT2D eigenvalue weighted by Gasteiger charge is 2.33. The molecule has 6 rings (SSSR count). The van der Waals surface area contributed by atoms with Crippen LogP contribution in [0.15, 0.2) is 84.9 Å². The number of hydrogen-bond donors (Lipinski definition) is 0. The van der Waals surface area contributed by atoms with E-state index in [-0.39, 0.29) is 6.71 Å². The first-order chi connectivity index (χ1) is 14.6. The molecule has 0 aliphatic carbocycles. The van der Waals surface area contributed by atoms with Crippen molar-refractivity contribution in [2.45, 2.75) is 20.8 Å². The van der Waals surface area contributed by atoms with Crippen molar-refractivity contribution in [1.29, 1.82) is 0 Å². The molecule has 0 amide bonds. The fourth-order valence-corrected chi connectivity index (χ4v) is 5.76. The van der Waals surface area contributed by atoms with Crippen LogP contribution in [-0.2, 0) is 0 Å². The van der Waals surface area contributed by atoms with Gasteiger partial charge in [0.15, 0.2) is 0 Å². The van der Waals surface area contributed by atoms with Crippen LogP contribution in [0.3, 0.4) is 0 Å². The van der Waals surface area contributed by atoms with Crippen molar-refractivity contribution in [2.24, 2.45) is 0 Å². The van der Waals surface area contributed by atoms with Gasteiger partial charge in [-0.2, -0.15) is 0 Å². The van der Waals surface area contributed by atoms with Gasteiger partial charge in [-0.25, -0.2) is 0 Å². The van der Waals surface area contributed by atoms with Crippen molar-refractivity contribution in [3.05, 3.63) is 102 Å². The molecule has 0 spiro atoms. The summed E-state index contributed by atoms with van der Waals surface area (Å²) in [6.45, 7) is 7.00. The zero-order valence-electron chi connectivity index (χ0n) is 17.7. The molecular formula is C29H23B. The van der Waals surface area contributed by atoms with E-state index in [2.05, 4.69) is 106 Å². The van der Waals surface area contributed by atoms with Crippen LogP contribution < -0.4 is 16.4 Å². The minimum absolute atomic E-state index is 0.263. The Labute approximate surface area is 178 Å². The smallest absolute Gasteiger partial charge is 0.0664 e. The van der Waals surface area contributed by atoms with Crippen LogP contribution in [0, 0.1) is 20.8 Å². The predicted octanol–water partition coefficient (Wildman–Crippen LogP) is 5.41. The molecule has 0 aromatic heterocycles. The van der Waals surface area contributed by atoms with Gasteiger partial charge in [-0.3, -0.25) is 0 Å². The molecule has 1 aliphatic heterocycles. The Hall–Kier alpha value is -3.32. The summed E-state index contributed by atoms with van der Waals surface area (Å²) in [6.07, 6.45) is 0. The zero-order chi connectivity index (χ0) is 20.4. The molecule has 1 aliphatic rings. The van der Waals surface area contributed by atoms with Crippen molar-refractivity contribution in [3.63, 3.8) is 0 Å². The summed E-state index contributed by atoms with van der Waals surface area (Å²) in [5.74, 6) is 0. The highest BCUT2D eigenvalue weighted by atomic mass is 14.2. The Kier molecular flexibility index (Phi) is 3.71. The maximum absolute atomic E-state index is 2.39. The maximum atomic E-state index is 2.39. The molecule has 0 bridgehead atoms. The molecule has 1 heterocycles. The second-order valence-electron chi connectivity index (χ2n) is 8.75. The van der Waals surface area contributed by atoms with E-state index in [0.717, 1.165) is 0 Å². The van der Waals surface area contributed by atoms with Gasteiger partial charge < -0.3 is 0 Å². The van der Waals surface area contributed by atoms with Crippen molar-refractivity contribution in [3.8, 4) is 11.1 Å². The van der Waals surface area contributed by atoms with E-state index in [4.69, 9.17) is 0 Å². The fourth-order valence-electron chi connectivity index (χ4n) is 5.76. The standard InChI is InChI=1S/C29H23B/c1-18-15-19(2)29(20(3)16-18)30-26-13-7-6-11-23(26)25-17-21-9-4-5-10-22(21)24-12-8-14-27(30)28(24)25/h4-17H,1-3H3. The number of fused-ring (bicyclic) bond motifs is 4. The molecule has 5 aromatic rings. The summed E-state index contributed by atoms with van der Waals surface area (Å²) in [4.78, 5) is 0. The fraction of sp³-hybridized carbons (Fsp3) is 0.103. The molecule has 0 radical (unpaired) electrons. The highest BCUT2D eigenvalue weighted by Crippen LogP contribution is 2.36. The number of aryl methyl sites for hydroxylation is 3. The van der Waals surface area contributed by atoms with E-state index in [1.54, 1.807) is 0 Å². The normalized spacial score (nSPS) is 12.4. The summed E-state index contributed by atoms with van der Waals surface area (Å²) in [7, 11) is 0. The van der Waals surface area contributed by atoms with Crippen molar-refractivity contribution in [2.75, 3.05) is 0 Å². The summed E-state index contributed by atoms with van der Waals surface area (Å²) < 4.78 is 0. The average molecular weight is 382 g/mol. The van der Waals surface area contributed by atoms with Crippen molar-refractivity contribution >= 4 is 44.6 Å². The van der Waals surface area contributed by atoms with Crippen molar-refractivity contribution in [1.82, 2.24) is 0 Å². The Morgan fingerprint density at radius 3 is 2.07 bits per heavy atom. The molecule has 0 nitrogen and oxygen atoms in total. The zero-order valence-corrected chi connectivity index (χ0v) is 17.7. The molecule has 5 aromatic carbocycles. The lowest BCUT2D eigenvalue weighted by molar-refractivity contribution is 1.35. The summed E-state index contributed by atoms with van der Waals surface area (Å²) in [6, 6.07) is 31.7. The molecule has 0 fully saturated rings. The maximum Gasteiger partial charge on any atom is 0.243 e. The van der Waals surface area contributed by atoms with Gasteiger partial charge in [-0.1, -0.05) is 112 Å². The lowest BCUT2D eigenvalue weighted by Crippen LogP contribution is -2.56. The molecule has 0 saturated heterocycles. The summed E-state index contributed by atoms with van der Waals surface area (Å²) >= 11 is 0. The van der Waals surface area contributed by atoms with Gasteiger partial charge >= 0.3 is 0 Å². The minimum atomic E-state index is 0.263. The van der Waals surface area contributed by atoms with Gasteiger partial charge in [-0.05, 0) is 59.5 Å². The largest absolute Gasteiger partial charge is 0.243 e. The first kappa shape index (κ1) is 17.5. The second kappa shape index (κ2) is 6.34. The summed E-state index contributed by atoms with van der Waals surface area (Å²) in [5, 5.41) is 5.43. The number of rotatable bonds is 1. The van der Waals surface area contributed by atoms with Crippen LogP contribution in [0.4, 0.5) is 0 Å². The molecule has 0 N–H and O–H groups in total. The highest BCUT2D eigenvalue weighted by molar-refractivity contribution is 6.99. The monoisotopic (exact) mass is 382 g/mol. The molecule has 0 unspecified atom stereocenters. The number of hydrogen-bond acceptors (Lipinski definition) is 0. The van der Waals surface area contributed by atoms with Gasteiger partial charge in [-0.15, -0.1) is 0 Å². The van der Waals surface area contributed by atoms with Crippen LogP contribution in [0.2, 0.25) is 0 Å². The molecule has 0 atom stereocenters. The topological polar surface area (TPSA) is 0 Å². The molecule has 142 valence electrons. The molecule has 0 saturated carbocycles. The third-order valence-electron chi connectivity index (χ3n) is 6.82. The van der Waals surface area contributed by atoms with E-state index in [9.17, 15) is 0 Å². The quantitative estimate of drug-likeness (QED) is 0.263. The Balaban J connectivity index is 1.81. The Morgan fingerprint density at radius 2 is 1.23 bits per heavy atom. The van der Waals surface area contributed by atoms with E-state index in [0.29, 0.717) is 0 Å². The van der Waals surface area contributed by atoms with Gasteiger partial charge in [0.25, 0.3) is 0 Å². The molecule has 1 heteroatoms. The van der Waals surface area contributed by atoms with Gasteiger partial charge in [0.1, 0.15) is 0 Å². The third-order valence-corrected chi connectivity index (χ3v) is 6.82. The third kappa shape index (κ3) is 2.35. The molecule has 30 heavy (non-hydrogen) atoms. The van der Waals surface area contributed by atoms with Gasteiger partial charge in [0.05, 0.1) is 0 Å². The van der Waals surface area contributed by atoms with Crippen LogP contribution in [0.5, 0.6) is 0 Å². The first-order valence-corrected chi connectivity index (χ1v) is 10.7. The predicted molar refractivity (Wildman–Crippen MR) is 132 cm³/mol. The summed E-state index contributed by atoms with van der Waals surface area (Å²) in [5.41, 5.74) is 11.2. The Bertz CT molecular complexity index is 1450. The van der Waals surface area contributed by atoms with E-state index < -0.39 is 0 Å². The van der Waals surface area contributed by atoms with E-state index in [1.165, 1.54) is 65.8 Å². The lowest BCUT2D eigenvalue weighted by Gasteiger charge is -2.30. The van der Waals surface area contributed by atoms with Crippen molar-refractivity contribution < 1.29 is 0 Å². The number of benzene rings is 5. The van der Waals surface area contributed by atoms with E-state index >= 15 is 0 Å². The van der Waals surface area contributed by atoms with Crippen LogP contribution >= 0.6 is 0 Å². The second-order valence-corrected chi connectivity index (χ2v) is 8.75. The van der Waals surface area contributed by atoms with Crippen LogP contribution in [0.1, 0.15) is 16.7 Å². The van der Waals surface area contributed by atoms with E-state index in [1.807, 2.05) is 0 Å². The van der Waals surface area contributed by atoms with Crippen LogP contribution in [-0.4, -0.2) is 6.71 Å². The molecular weight excluding hydrogens is 359 g/mol. The first-order valence-electron chi connectivity index (χ1n) is 10.7.